The molecule has 3 rings (SSSR count). The van der Waals surface area contributed by atoms with E-state index in [9.17, 15) is 51.0 Å². The molecule has 0 aliphatic carbocycles. The van der Waals surface area contributed by atoms with Crippen molar-refractivity contribution in [2.75, 3.05) is 33.4 Å². The van der Waals surface area contributed by atoms with Crippen molar-refractivity contribution in [2.24, 2.45) is 11.1 Å². The van der Waals surface area contributed by atoms with Crippen molar-refractivity contribution in [2.45, 2.75) is 76.1 Å². The molecule has 0 fully saturated rings. The summed E-state index contributed by atoms with van der Waals surface area (Å²) in [4.78, 5) is 71.5. The van der Waals surface area contributed by atoms with E-state index in [1.54, 1.807) is 12.3 Å². The number of nitrogens with one attached hydrogen (secondary N) is 2. The van der Waals surface area contributed by atoms with Crippen molar-refractivity contribution >= 4 is 51.4 Å². The first-order valence-corrected chi connectivity index (χ1v) is 19.3. The number of hydrogen-bond donors (Lipinski definition) is 5. The zero-order chi connectivity index (χ0) is 45.4. The minimum atomic E-state index is -5.08. The Morgan fingerprint density at radius 1 is 0.967 bits per heavy atom. The van der Waals surface area contributed by atoms with Gasteiger partial charge in [0.05, 0.1) is 32.2 Å². The second-order valence-corrected chi connectivity index (χ2v) is 15.6. The summed E-state index contributed by atoms with van der Waals surface area (Å²) in [5.41, 5.74) is 7.59. The van der Waals surface area contributed by atoms with Gasteiger partial charge in [0.1, 0.15) is 23.1 Å². The number of nitrogens with two attached hydrogens (primary N) is 1. The van der Waals surface area contributed by atoms with Crippen LogP contribution in [-0.2, 0) is 40.0 Å². The summed E-state index contributed by atoms with van der Waals surface area (Å²) < 4.78 is 67.4. The summed E-state index contributed by atoms with van der Waals surface area (Å²) in [6.45, 7) is 5.16. The van der Waals surface area contributed by atoms with Gasteiger partial charge in [-0.2, -0.15) is 13.2 Å². The van der Waals surface area contributed by atoms with E-state index in [0.29, 0.717) is 17.8 Å². The third-order valence-corrected chi connectivity index (χ3v) is 9.48. The molecule has 2 aromatic carbocycles. The van der Waals surface area contributed by atoms with E-state index >= 15 is 0 Å². The molecule has 330 valence electrons. The third-order valence-electron chi connectivity index (χ3n) is 8.74. The molecular weight excluding hydrogens is 869 g/mol. The fraction of sp³-hybridized carbons (Fsp3) is 0.450. The summed E-state index contributed by atoms with van der Waals surface area (Å²) in [5.74, 6) is -6.47. The van der Waals surface area contributed by atoms with Crippen LogP contribution in [0.5, 0.6) is 0 Å². The highest BCUT2D eigenvalue weighted by atomic mass is 79.9. The molecule has 6 N–H and O–H groups in total. The number of hydrogen-bond acceptors (Lipinski definition) is 9. The minimum absolute atomic E-state index is 0.0151. The molecule has 0 radical (unpaired) electrons. The van der Waals surface area contributed by atoms with Crippen LogP contribution in [-0.4, -0.2) is 106 Å². The van der Waals surface area contributed by atoms with Gasteiger partial charge in [0.25, 0.3) is 0 Å². The molecule has 0 saturated heterocycles. The van der Waals surface area contributed by atoms with E-state index in [1.807, 2.05) is 55.7 Å². The molecule has 0 aliphatic rings. The highest BCUT2D eigenvalue weighted by molar-refractivity contribution is 9.10. The molecule has 1 aromatic heterocycles. The Morgan fingerprint density at radius 3 is 2.17 bits per heavy atom. The summed E-state index contributed by atoms with van der Waals surface area (Å²) in [6.07, 6.45) is -3.19. The molecule has 0 spiro atoms. The number of carbonyl (C=O) groups is 6. The van der Waals surface area contributed by atoms with Crippen molar-refractivity contribution in [3.8, 4) is 11.1 Å². The lowest BCUT2D eigenvalue weighted by Crippen LogP contribution is -2.47. The first-order chi connectivity index (χ1) is 28.0. The third kappa shape index (κ3) is 16.4. The van der Waals surface area contributed by atoms with Crippen LogP contribution in [0.4, 0.5) is 22.0 Å². The summed E-state index contributed by atoms with van der Waals surface area (Å²) in [7, 11) is 1.20. The molecule has 20 heteroatoms. The Bertz CT molecular complexity index is 1940. The zero-order valence-corrected chi connectivity index (χ0v) is 34.9. The molecule has 3 aromatic rings. The van der Waals surface area contributed by atoms with Crippen LogP contribution >= 0.6 is 15.9 Å². The number of carboxylic acid groups (broad SMARTS) is 1. The van der Waals surface area contributed by atoms with Crippen molar-refractivity contribution in [3.05, 3.63) is 83.7 Å². The first-order valence-electron chi connectivity index (χ1n) is 18.4. The molecule has 1 heterocycles. The van der Waals surface area contributed by atoms with Crippen LogP contribution in [0.2, 0.25) is 0 Å². The van der Waals surface area contributed by atoms with E-state index < -0.39 is 76.4 Å². The van der Waals surface area contributed by atoms with E-state index in [4.69, 9.17) is 15.6 Å². The Hall–Kier alpha value is -5.21. The summed E-state index contributed by atoms with van der Waals surface area (Å²) in [6, 6.07) is 12.7. The number of rotatable bonds is 19. The smallest absolute Gasteiger partial charge is 0.475 e. The van der Waals surface area contributed by atoms with Gasteiger partial charge in [-0.3, -0.25) is 24.0 Å². The number of Topliss-reactive ketones (excluding diaryl/α,β-unsaturated/α-hetero) is 1. The van der Waals surface area contributed by atoms with Crippen LogP contribution in [0.15, 0.2) is 60.8 Å². The predicted octanol–water partition coefficient (Wildman–Crippen LogP) is 4.65. The molecule has 14 nitrogen and oxygen atoms in total. The number of aliphatic carboxylic acids is 1. The second-order valence-electron chi connectivity index (χ2n) is 14.5. The predicted molar refractivity (Wildman–Crippen MR) is 212 cm³/mol. The Morgan fingerprint density at radius 2 is 1.60 bits per heavy atom. The molecular formula is C40H49BrF5N5O9. The van der Waals surface area contributed by atoms with Gasteiger partial charge in [-0.25, -0.2) is 13.6 Å². The van der Waals surface area contributed by atoms with Crippen LogP contribution in [0.3, 0.4) is 0 Å². The number of nitrogens with zero attached hydrogens (tertiary/aromatic N) is 2. The highest BCUT2D eigenvalue weighted by Crippen LogP contribution is 2.41. The number of aliphatic hydroxyl groups excluding tert-OH is 1. The van der Waals surface area contributed by atoms with Crippen LogP contribution in [0, 0.1) is 17.0 Å². The number of ether oxygens (including phenoxy) is 1. The Balaban J connectivity index is 0.00000162. The van der Waals surface area contributed by atoms with Crippen molar-refractivity contribution < 1.29 is 65.7 Å². The van der Waals surface area contributed by atoms with Gasteiger partial charge in [-0.15, -0.1) is 0 Å². The van der Waals surface area contributed by atoms with Crippen LogP contribution in [0.25, 0.3) is 11.1 Å². The highest BCUT2D eigenvalue weighted by Gasteiger charge is 2.39. The zero-order valence-electron chi connectivity index (χ0n) is 33.4. The number of ketones is 1. The topological polar surface area (TPSA) is 210 Å². The molecule has 0 aliphatic heterocycles. The summed E-state index contributed by atoms with van der Waals surface area (Å²) in [5, 5.41) is 22.3. The average molecular weight is 919 g/mol. The number of amides is 3. The van der Waals surface area contributed by atoms with Gasteiger partial charge in [0.2, 0.25) is 17.7 Å². The van der Waals surface area contributed by atoms with Crippen molar-refractivity contribution in [1.29, 1.82) is 0 Å². The lowest BCUT2D eigenvalue weighted by molar-refractivity contribution is -0.192. The van der Waals surface area contributed by atoms with Crippen molar-refractivity contribution in [3.63, 3.8) is 0 Å². The van der Waals surface area contributed by atoms with E-state index in [2.05, 4.69) is 31.3 Å². The first kappa shape index (κ1) is 50.9. The van der Waals surface area contributed by atoms with Gasteiger partial charge >= 0.3 is 18.1 Å². The normalized spacial score (nSPS) is 12.9. The van der Waals surface area contributed by atoms with Gasteiger partial charge in [-0.05, 0) is 48.1 Å². The van der Waals surface area contributed by atoms with Crippen LogP contribution < -0.4 is 16.4 Å². The fourth-order valence-corrected chi connectivity index (χ4v) is 6.27. The van der Waals surface area contributed by atoms with Crippen molar-refractivity contribution in [1.82, 2.24) is 20.1 Å². The molecule has 0 unspecified atom stereocenters. The number of halogens is 6. The van der Waals surface area contributed by atoms with Crippen LogP contribution in [0.1, 0.15) is 63.8 Å². The standard InChI is InChI=1S/C38H48BrF2N5O7.C2HF3O2/c1-38(2,3)35(32-17-25(28-18-26(40)12-13-30(28)41)22-45(32)21-24-9-6-5-7-10-24)46(33(49)23-47)16-14-31(42)37(52)43-15-8-11-27(48)20-44-36(51)29(39)19-34(50)53-4;3-2(4,5)1(6)7/h5-7,9-10,12-13,17-18,22,29,31,35,47H,8,11,14-16,19-21,23,42H2,1-4H3,(H,43,52)(H,44,51);(H,6,7)/t29-,31-,35-;/m0./s1. The van der Waals surface area contributed by atoms with Gasteiger partial charge in [0, 0.05) is 49.1 Å². The number of benzene rings is 2. The Labute approximate surface area is 351 Å². The molecule has 0 bridgehead atoms. The SMILES string of the molecule is COC(=O)C[C@H](Br)C(=O)NCC(=O)CCCNC(=O)[C@@H](N)CCN(C(=O)CO)[C@@H](c1cc(-c2cc(F)ccc2F)cn1Cc1ccccc1)C(C)(C)C.O=C(O)C(F)(F)F. The maximum absolute atomic E-state index is 15.0. The lowest BCUT2D eigenvalue weighted by Gasteiger charge is -2.41. The monoisotopic (exact) mass is 917 g/mol. The number of aliphatic hydroxyl groups is 1. The maximum Gasteiger partial charge on any atom is 0.490 e. The minimum Gasteiger partial charge on any atom is -0.475 e. The van der Waals surface area contributed by atoms with Gasteiger partial charge in [0.15, 0.2) is 5.78 Å². The molecule has 3 atom stereocenters. The number of carboxylic acids is 1. The molecule has 0 saturated carbocycles. The lowest BCUT2D eigenvalue weighted by atomic mass is 9.82. The number of alkyl halides is 4. The Kier molecular flexibility index (Phi) is 20.0. The molecule has 60 heavy (non-hydrogen) atoms. The quantitative estimate of drug-likeness (QED) is 0.0487. The maximum atomic E-state index is 15.0. The van der Waals surface area contributed by atoms with E-state index in [1.165, 1.54) is 12.0 Å². The largest absolute Gasteiger partial charge is 0.490 e. The number of esters is 1. The summed E-state index contributed by atoms with van der Waals surface area (Å²) >= 11 is 3.08. The number of aromatic nitrogens is 1. The molecule has 3 amide bonds. The number of methoxy groups -OCH3 is 1. The second kappa shape index (κ2) is 23.5. The fourth-order valence-electron chi connectivity index (χ4n) is 5.85. The van der Waals surface area contributed by atoms with E-state index in [0.717, 1.165) is 23.8 Å². The number of carbonyl (C=O) groups excluding carboxylic acids is 5. The van der Waals surface area contributed by atoms with Gasteiger partial charge < -0.3 is 40.8 Å². The van der Waals surface area contributed by atoms with Gasteiger partial charge in [-0.1, -0.05) is 67.0 Å². The average Bonchev–Trinajstić information content (AvgIpc) is 3.58. The van der Waals surface area contributed by atoms with E-state index in [-0.39, 0.29) is 56.7 Å².